The maximum absolute atomic E-state index is 13.8. The van der Waals surface area contributed by atoms with Crippen LogP contribution in [0.15, 0.2) is 40.0 Å². The molecule has 1 atom stereocenters. The first-order valence-electron chi connectivity index (χ1n) is 8.65. The second-order valence-corrected chi connectivity index (χ2v) is 6.42. The van der Waals surface area contributed by atoms with Crippen LogP contribution in [0.25, 0.3) is 0 Å². The van der Waals surface area contributed by atoms with E-state index in [2.05, 4.69) is 15.4 Å². The van der Waals surface area contributed by atoms with E-state index >= 15 is 0 Å². The van der Waals surface area contributed by atoms with Gasteiger partial charge in [-0.25, -0.2) is 24.8 Å². The van der Waals surface area contributed by atoms with Gasteiger partial charge in [0.25, 0.3) is 5.91 Å². The average molecular weight is 373 g/mol. The summed E-state index contributed by atoms with van der Waals surface area (Å²) in [7, 11) is 1.44. The Labute approximate surface area is 155 Å². The van der Waals surface area contributed by atoms with Crippen molar-refractivity contribution in [2.24, 2.45) is 9.98 Å². The molecule has 0 bridgehead atoms. The van der Waals surface area contributed by atoms with Crippen molar-refractivity contribution in [2.45, 2.75) is 13.0 Å². The number of hydrazine groups is 1. The summed E-state index contributed by atoms with van der Waals surface area (Å²) >= 11 is 0. The van der Waals surface area contributed by atoms with Gasteiger partial charge in [0.1, 0.15) is 24.3 Å². The average Bonchev–Trinajstić information content (AvgIpc) is 3.14. The number of hydrogen-bond donors (Lipinski definition) is 1. The highest BCUT2D eigenvalue weighted by atomic mass is 19.1. The van der Waals surface area contributed by atoms with Crippen molar-refractivity contribution < 1.29 is 18.7 Å². The molecule has 1 unspecified atom stereocenters. The molecule has 4 rings (SSSR count). The number of nitrogens with one attached hydrogen (secondary N) is 1. The Bertz CT molecular complexity index is 867. The normalized spacial score (nSPS) is 22.0. The lowest BCUT2D eigenvalue weighted by molar-refractivity contribution is -0.0138. The second kappa shape index (κ2) is 7.09. The molecule has 1 N–H and O–H groups in total. The molecule has 8 nitrogen and oxygen atoms in total. The van der Waals surface area contributed by atoms with Gasteiger partial charge in [-0.05, 0) is 25.1 Å². The number of aliphatic imine (C=N–C) groups is 2. The predicted octanol–water partition coefficient (Wildman–Crippen LogP) is 1.17. The number of benzene rings is 1. The SMILES string of the molecule is COc1cc(F)cc(C(=O)N2CCOC(C3=CC(C)=NC4=NCNN34)C2)c1. The van der Waals surface area contributed by atoms with Crippen molar-refractivity contribution in [1.29, 1.82) is 0 Å². The highest BCUT2D eigenvalue weighted by Gasteiger charge is 2.34. The van der Waals surface area contributed by atoms with Gasteiger partial charge in [-0.1, -0.05) is 0 Å². The van der Waals surface area contributed by atoms with E-state index in [1.54, 1.807) is 16.0 Å². The molecule has 0 aromatic heterocycles. The van der Waals surface area contributed by atoms with Crippen LogP contribution < -0.4 is 10.2 Å². The quantitative estimate of drug-likeness (QED) is 0.861. The largest absolute Gasteiger partial charge is 0.497 e. The molecule has 27 heavy (non-hydrogen) atoms. The Balaban J connectivity index is 1.55. The number of halogens is 1. The van der Waals surface area contributed by atoms with Crippen LogP contribution in [0, 0.1) is 5.82 Å². The number of carbonyl (C=O) groups is 1. The first-order valence-corrected chi connectivity index (χ1v) is 8.65. The number of allylic oxidation sites excluding steroid dienone is 1. The van der Waals surface area contributed by atoms with E-state index in [4.69, 9.17) is 9.47 Å². The third-order valence-corrected chi connectivity index (χ3v) is 4.58. The number of guanidine groups is 1. The van der Waals surface area contributed by atoms with E-state index < -0.39 is 5.82 Å². The van der Waals surface area contributed by atoms with Crippen LogP contribution in [0.3, 0.4) is 0 Å². The first kappa shape index (κ1) is 17.6. The summed E-state index contributed by atoms with van der Waals surface area (Å²) in [6.45, 7) is 3.51. The summed E-state index contributed by atoms with van der Waals surface area (Å²) in [5.74, 6) is 0.136. The minimum atomic E-state index is -0.508. The third-order valence-electron chi connectivity index (χ3n) is 4.58. The highest BCUT2D eigenvalue weighted by molar-refractivity contribution is 6.05. The van der Waals surface area contributed by atoms with Gasteiger partial charge in [0.2, 0.25) is 5.96 Å². The fraction of sp³-hybridized carbons (Fsp3) is 0.389. The molecule has 1 fully saturated rings. The molecule has 0 saturated carbocycles. The van der Waals surface area contributed by atoms with Gasteiger partial charge in [0.05, 0.1) is 26.0 Å². The van der Waals surface area contributed by atoms with Crippen molar-refractivity contribution >= 4 is 17.6 Å². The number of nitrogens with zero attached hydrogens (tertiary/aromatic N) is 4. The summed E-state index contributed by atoms with van der Waals surface area (Å²) in [6, 6.07) is 4.01. The van der Waals surface area contributed by atoms with Crippen molar-refractivity contribution in [3.05, 3.63) is 41.4 Å². The van der Waals surface area contributed by atoms with E-state index in [1.165, 1.54) is 19.2 Å². The lowest BCUT2D eigenvalue weighted by Crippen LogP contribution is -2.51. The molecule has 0 aliphatic carbocycles. The third kappa shape index (κ3) is 3.43. The summed E-state index contributed by atoms with van der Waals surface area (Å²) in [5.41, 5.74) is 5.06. The molecule has 1 aromatic rings. The zero-order valence-corrected chi connectivity index (χ0v) is 15.1. The number of morpholine rings is 1. The fourth-order valence-corrected chi connectivity index (χ4v) is 3.32. The van der Waals surface area contributed by atoms with Gasteiger partial charge in [-0.3, -0.25) is 4.79 Å². The van der Waals surface area contributed by atoms with Crippen molar-refractivity contribution in [1.82, 2.24) is 15.3 Å². The van der Waals surface area contributed by atoms with Crippen LogP contribution in [-0.4, -0.2) is 67.1 Å². The van der Waals surface area contributed by atoms with E-state index in [0.717, 1.165) is 11.4 Å². The molecule has 0 radical (unpaired) electrons. The molecular formula is C18H20FN5O3. The maximum atomic E-state index is 13.8. The van der Waals surface area contributed by atoms with Crippen LogP contribution >= 0.6 is 0 Å². The molecule has 1 saturated heterocycles. The van der Waals surface area contributed by atoms with Gasteiger partial charge in [0, 0.05) is 23.9 Å². The van der Waals surface area contributed by atoms with Gasteiger partial charge < -0.3 is 14.4 Å². The number of amides is 1. The van der Waals surface area contributed by atoms with E-state index in [-0.39, 0.29) is 17.6 Å². The summed E-state index contributed by atoms with van der Waals surface area (Å²) in [6.07, 6.45) is 1.58. The summed E-state index contributed by atoms with van der Waals surface area (Å²) in [5, 5.41) is 1.79. The Morgan fingerprint density at radius 2 is 2.26 bits per heavy atom. The standard InChI is InChI=1S/C18H20FN5O3/c1-11-5-15(24-18(22-11)20-10-21-24)16-9-23(3-4-27-16)17(25)12-6-13(19)8-14(7-12)26-2/h5-8,16,21H,3-4,9-10H2,1-2H3. The van der Waals surface area contributed by atoms with E-state index in [0.29, 0.717) is 38.1 Å². The zero-order chi connectivity index (χ0) is 19.0. The fourth-order valence-electron chi connectivity index (χ4n) is 3.32. The lowest BCUT2D eigenvalue weighted by atomic mass is 10.1. The van der Waals surface area contributed by atoms with Gasteiger partial charge in [0.15, 0.2) is 0 Å². The Morgan fingerprint density at radius 3 is 3.07 bits per heavy atom. The predicted molar refractivity (Wildman–Crippen MR) is 97.1 cm³/mol. The van der Waals surface area contributed by atoms with Gasteiger partial charge in [-0.2, -0.15) is 0 Å². The van der Waals surface area contributed by atoms with Gasteiger partial charge >= 0.3 is 0 Å². The van der Waals surface area contributed by atoms with Crippen LogP contribution in [0.2, 0.25) is 0 Å². The summed E-state index contributed by atoms with van der Waals surface area (Å²) < 4.78 is 24.7. The number of ether oxygens (including phenoxy) is 2. The number of hydrogen-bond acceptors (Lipinski definition) is 7. The zero-order valence-electron chi connectivity index (χ0n) is 15.1. The molecule has 3 heterocycles. The van der Waals surface area contributed by atoms with Crippen LogP contribution in [0.1, 0.15) is 17.3 Å². The van der Waals surface area contributed by atoms with E-state index in [9.17, 15) is 9.18 Å². The first-order chi connectivity index (χ1) is 13.0. The Hall–Kier alpha value is -2.78. The lowest BCUT2D eigenvalue weighted by Gasteiger charge is -2.37. The van der Waals surface area contributed by atoms with Crippen LogP contribution in [-0.2, 0) is 4.74 Å². The number of fused-ring (bicyclic) bond motifs is 1. The molecule has 9 heteroatoms. The number of methoxy groups -OCH3 is 1. The van der Waals surface area contributed by atoms with E-state index in [1.807, 2.05) is 13.0 Å². The van der Waals surface area contributed by atoms with Crippen molar-refractivity contribution in [3.8, 4) is 5.75 Å². The van der Waals surface area contributed by atoms with Crippen LogP contribution in [0.5, 0.6) is 5.75 Å². The molecule has 0 spiro atoms. The second-order valence-electron chi connectivity index (χ2n) is 6.42. The topological polar surface area (TPSA) is 78.8 Å². The maximum Gasteiger partial charge on any atom is 0.254 e. The summed E-state index contributed by atoms with van der Waals surface area (Å²) in [4.78, 5) is 23.2. The molecule has 3 aliphatic heterocycles. The number of carbonyl (C=O) groups excluding carboxylic acids is 1. The minimum Gasteiger partial charge on any atom is -0.497 e. The minimum absolute atomic E-state index is 0.254. The highest BCUT2D eigenvalue weighted by Crippen LogP contribution is 2.24. The molecular weight excluding hydrogens is 353 g/mol. The van der Waals surface area contributed by atoms with Crippen molar-refractivity contribution in [2.75, 3.05) is 33.5 Å². The van der Waals surface area contributed by atoms with Gasteiger partial charge in [-0.15, -0.1) is 0 Å². The molecule has 142 valence electrons. The molecule has 1 aromatic carbocycles. The van der Waals surface area contributed by atoms with Crippen LogP contribution in [0.4, 0.5) is 4.39 Å². The van der Waals surface area contributed by atoms with Crippen molar-refractivity contribution in [3.63, 3.8) is 0 Å². The monoisotopic (exact) mass is 373 g/mol. The number of rotatable bonds is 3. The Kier molecular flexibility index (Phi) is 4.63. The Morgan fingerprint density at radius 1 is 1.41 bits per heavy atom. The molecule has 1 amide bonds. The smallest absolute Gasteiger partial charge is 0.254 e. The molecule has 3 aliphatic rings.